The normalized spacial score (nSPS) is 12.4. The summed E-state index contributed by atoms with van der Waals surface area (Å²) in [5.74, 6) is -0.925. The van der Waals surface area contributed by atoms with Crippen LogP contribution in [0.5, 0.6) is 0 Å². The van der Waals surface area contributed by atoms with Crippen LogP contribution in [0.3, 0.4) is 0 Å². The second kappa shape index (κ2) is 48.0. The summed E-state index contributed by atoms with van der Waals surface area (Å²) >= 11 is 0. The van der Waals surface area contributed by atoms with E-state index in [1.807, 2.05) is 0 Å². The minimum atomic E-state index is -0.787. The molecule has 0 bridgehead atoms. The lowest BCUT2D eigenvalue weighted by atomic mass is 10.0. The quantitative estimate of drug-likeness (QED) is 0.0200. The Morgan fingerprint density at radius 1 is 0.373 bits per heavy atom. The van der Waals surface area contributed by atoms with Gasteiger partial charge in [0.1, 0.15) is 13.2 Å². The molecule has 0 aromatic heterocycles. The van der Waals surface area contributed by atoms with Crippen molar-refractivity contribution < 1.29 is 28.6 Å². The van der Waals surface area contributed by atoms with Crippen molar-refractivity contribution in [3.63, 3.8) is 0 Å². The maximum Gasteiger partial charge on any atom is 0.306 e. The van der Waals surface area contributed by atoms with Crippen LogP contribution in [-0.4, -0.2) is 37.2 Å². The maximum atomic E-state index is 12.7. The molecule has 0 saturated carbocycles. The first kappa shape index (κ1) is 56.4. The molecule has 0 aromatic rings. The van der Waals surface area contributed by atoms with Crippen LogP contribution < -0.4 is 0 Å². The highest BCUT2D eigenvalue weighted by Gasteiger charge is 2.19. The Morgan fingerprint density at radius 3 is 1.19 bits per heavy atom. The largest absolute Gasteiger partial charge is 0.462 e. The molecule has 0 heterocycles. The lowest BCUT2D eigenvalue weighted by molar-refractivity contribution is -0.167. The van der Waals surface area contributed by atoms with Crippen LogP contribution >= 0.6 is 0 Å². The molecule has 0 fully saturated rings. The average molecular weight is 827 g/mol. The first-order valence-electron chi connectivity index (χ1n) is 25.2. The second-order valence-electron chi connectivity index (χ2n) is 16.7. The SMILES string of the molecule is CC/C=C\C/C=C\CCCCCCCC(=O)OC(COC(=O)CCCCC/C=C\C=C/CCCC)COC(=O)CCCCCCCCCCCCCCCCCCCC. The zero-order valence-corrected chi connectivity index (χ0v) is 39.0. The van der Waals surface area contributed by atoms with E-state index < -0.39 is 6.10 Å². The Hall–Kier alpha value is -2.63. The van der Waals surface area contributed by atoms with Gasteiger partial charge in [-0.05, 0) is 64.2 Å². The molecule has 342 valence electrons. The molecule has 1 unspecified atom stereocenters. The molecule has 6 heteroatoms. The lowest BCUT2D eigenvalue weighted by Gasteiger charge is -2.18. The van der Waals surface area contributed by atoms with E-state index in [4.69, 9.17) is 14.2 Å². The molecule has 0 amide bonds. The van der Waals surface area contributed by atoms with Gasteiger partial charge in [-0.3, -0.25) is 14.4 Å². The fraction of sp³-hybridized carbons (Fsp3) is 0.792. The van der Waals surface area contributed by atoms with Gasteiger partial charge < -0.3 is 14.2 Å². The maximum absolute atomic E-state index is 12.7. The van der Waals surface area contributed by atoms with Crippen LogP contribution in [0.25, 0.3) is 0 Å². The number of carbonyl (C=O) groups is 3. The molecule has 0 rings (SSSR count). The van der Waals surface area contributed by atoms with Gasteiger partial charge in [-0.1, -0.05) is 217 Å². The van der Waals surface area contributed by atoms with Crippen LogP contribution in [0.15, 0.2) is 48.6 Å². The summed E-state index contributed by atoms with van der Waals surface area (Å²) in [5.41, 5.74) is 0. The third-order valence-electron chi connectivity index (χ3n) is 10.8. The number of esters is 3. The van der Waals surface area contributed by atoms with Gasteiger partial charge in [-0.15, -0.1) is 0 Å². The second-order valence-corrected chi connectivity index (χ2v) is 16.7. The standard InChI is InChI=1S/C53H94O6/c1-4-7-10-13-16-19-22-24-25-26-27-28-29-32-34-37-40-43-46-52(55)58-49-50(48-57-51(54)45-42-39-36-33-30-21-18-15-12-9-6-3)59-53(56)47-44-41-38-35-31-23-20-17-14-11-8-5-2/h8,11,15,17-18,20-21,30,50H,4-7,9-10,12-14,16,19,22-29,31-49H2,1-3H3/b11-8-,18-15-,20-17-,30-21-. The van der Waals surface area contributed by atoms with E-state index in [0.29, 0.717) is 19.3 Å². The molecule has 0 aliphatic heterocycles. The Morgan fingerprint density at radius 2 is 0.729 bits per heavy atom. The van der Waals surface area contributed by atoms with Crippen molar-refractivity contribution in [2.24, 2.45) is 0 Å². The van der Waals surface area contributed by atoms with Crippen LogP contribution in [-0.2, 0) is 28.6 Å². The van der Waals surface area contributed by atoms with E-state index in [0.717, 1.165) is 103 Å². The fourth-order valence-corrected chi connectivity index (χ4v) is 7.05. The Labute approximate surface area is 365 Å². The van der Waals surface area contributed by atoms with Crippen LogP contribution in [0.1, 0.15) is 252 Å². The van der Waals surface area contributed by atoms with Gasteiger partial charge in [0, 0.05) is 19.3 Å². The van der Waals surface area contributed by atoms with Crippen LogP contribution in [0, 0.1) is 0 Å². The number of carbonyl (C=O) groups excluding carboxylic acids is 3. The highest BCUT2D eigenvalue weighted by molar-refractivity contribution is 5.71. The van der Waals surface area contributed by atoms with E-state index in [2.05, 4.69) is 69.4 Å². The molecular formula is C53H94O6. The summed E-state index contributed by atoms with van der Waals surface area (Å²) in [7, 11) is 0. The Balaban J connectivity index is 4.33. The Bertz CT molecular complexity index is 1040. The van der Waals surface area contributed by atoms with Crippen molar-refractivity contribution in [2.45, 2.75) is 258 Å². The predicted octanol–water partition coefficient (Wildman–Crippen LogP) is 16.3. The van der Waals surface area contributed by atoms with Crippen LogP contribution in [0.4, 0.5) is 0 Å². The summed E-state index contributed by atoms with van der Waals surface area (Å²) < 4.78 is 16.7. The fourth-order valence-electron chi connectivity index (χ4n) is 7.05. The zero-order valence-electron chi connectivity index (χ0n) is 39.0. The van der Waals surface area contributed by atoms with E-state index in [1.54, 1.807) is 0 Å². The minimum absolute atomic E-state index is 0.0854. The number of hydrogen-bond acceptors (Lipinski definition) is 6. The Kier molecular flexibility index (Phi) is 45.9. The van der Waals surface area contributed by atoms with Gasteiger partial charge >= 0.3 is 17.9 Å². The smallest absolute Gasteiger partial charge is 0.306 e. The predicted molar refractivity (Wildman–Crippen MR) is 252 cm³/mol. The van der Waals surface area contributed by atoms with Crippen molar-refractivity contribution in [1.82, 2.24) is 0 Å². The van der Waals surface area contributed by atoms with E-state index in [9.17, 15) is 14.4 Å². The minimum Gasteiger partial charge on any atom is -0.462 e. The van der Waals surface area contributed by atoms with Gasteiger partial charge in [-0.2, -0.15) is 0 Å². The van der Waals surface area contributed by atoms with E-state index in [1.165, 1.54) is 109 Å². The molecule has 0 aliphatic rings. The van der Waals surface area contributed by atoms with Gasteiger partial charge in [0.25, 0.3) is 0 Å². The summed E-state index contributed by atoms with van der Waals surface area (Å²) in [6, 6.07) is 0. The molecule has 1 atom stereocenters. The van der Waals surface area contributed by atoms with Gasteiger partial charge in [0.15, 0.2) is 6.10 Å². The van der Waals surface area contributed by atoms with E-state index >= 15 is 0 Å². The van der Waals surface area contributed by atoms with Crippen molar-refractivity contribution >= 4 is 17.9 Å². The molecule has 0 spiro atoms. The number of hydrogen-bond donors (Lipinski definition) is 0. The van der Waals surface area contributed by atoms with Gasteiger partial charge in [-0.25, -0.2) is 0 Å². The van der Waals surface area contributed by atoms with E-state index in [-0.39, 0.29) is 31.1 Å². The van der Waals surface area contributed by atoms with Crippen molar-refractivity contribution in [2.75, 3.05) is 13.2 Å². The molecule has 6 nitrogen and oxygen atoms in total. The number of ether oxygens (including phenoxy) is 3. The molecule has 0 radical (unpaired) electrons. The third-order valence-corrected chi connectivity index (χ3v) is 10.8. The summed E-state index contributed by atoms with van der Waals surface area (Å²) in [4.78, 5) is 37.8. The molecule has 0 saturated heterocycles. The highest BCUT2D eigenvalue weighted by Crippen LogP contribution is 2.16. The summed E-state index contributed by atoms with van der Waals surface area (Å²) in [6.07, 6.45) is 56.7. The summed E-state index contributed by atoms with van der Waals surface area (Å²) in [5, 5.41) is 0. The first-order chi connectivity index (χ1) is 29.0. The van der Waals surface area contributed by atoms with Crippen LogP contribution in [0.2, 0.25) is 0 Å². The molecule has 0 aliphatic carbocycles. The first-order valence-corrected chi connectivity index (χ1v) is 25.2. The van der Waals surface area contributed by atoms with Crippen molar-refractivity contribution in [3.8, 4) is 0 Å². The molecular weight excluding hydrogens is 733 g/mol. The highest BCUT2D eigenvalue weighted by atomic mass is 16.6. The van der Waals surface area contributed by atoms with Crippen molar-refractivity contribution in [1.29, 1.82) is 0 Å². The van der Waals surface area contributed by atoms with Gasteiger partial charge in [0.2, 0.25) is 0 Å². The topological polar surface area (TPSA) is 78.9 Å². The molecule has 59 heavy (non-hydrogen) atoms. The number of rotatable bonds is 45. The lowest BCUT2D eigenvalue weighted by Crippen LogP contribution is -2.30. The molecule has 0 aromatic carbocycles. The third kappa shape index (κ3) is 46.3. The monoisotopic (exact) mass is 827 g/mol. The van der Waals surface area contributed by atoms with Crippen molar-refractivity contribution in [3.05, 3.63) is 48.6 Å². The summed E-state index contributed by atoms with van der Waals surface area (Å²) in [6.45, 7) is 6.45. The number of unbranched alkanes of at least 4 members (excludes halogenated alkanes) is 27. The molecule has 0 N–H and O–H groups in total. The number of allylic oxidation sites excluding steroid dienone is 8. The van der Waals surface area contributed by atoms with Gasteiger partial charge in [0.05, 0.1) is 0 Å². The average Bonchev–Trinajstić information content (AvgIpc) is 3.23. The zero-order chi connectivity index (χ0) is 43.0.